The maximum absolute atomic E-state index is 11.9. The SMILES string of the molecule is Cc1cc(C)c(-c2csc(NC(=O)COC(=O)c3ccco3)n2)cc1C. The fraction of sp³-hybridized carbons (Fsp3) is 0.211. The molecule has 7 heteroatoms. The number of aromatic nitrogens is 1. The van der Waals surface area contributed by atoms with Crippen LogP contribution in [0.5, 0.6) is 0 Å². The third-order valence-electron chi connectivity index (χ3n) is 3.92. The molecule has 0 aliphatic carbocycles. The van der Waals surface area contributed by atoms with Crippen LogP contribution in [0.25, 0.3) is 11.3 Å². The number of ether oxygens (including phenoxy) is 1. The average molecular weight is 370 g/mol. The summed E-state index contributed by atoms with van der Waals surface area (Å²) in [6.07, 6.45) is 1.36. The summed E-state index contributed by atoms with van der Waals surface area (Å²) in [4.78, 5) is 28.0. The predicted octanol–water partition coefficient (Wildman–Crippen LogP) is 4.12. The minimum absolute atomic E-state index is 0.0551. The lowest BCUT2D eigenvalue weighted by molar-refractivity contribution is -0.119. The lowest BCUT2D eigenvalue weighted by Gasteiger charge is -2.07. The Labute approximate surface area is 154 Å². The lowest BCUT2D eigenvalue weighted by Crippen LogP contribution is -2.20. The molecule has 1 amide bonds. The third-order valence-corrected chi connectivity index (χ3v) is 4.68. The van der Waals surface area contributed by atoms with E-state index in [9.17, 15) is 9.59 Å². The molecule has 1 aromatic carbocycles. The summed E-state index contributed by atoms with van der Waals surface area (Å²) in [5.74, 6) is -1.09. The number of aryl methyl sites for hydroxylation is 3. The van der Waals surface area contributed by atoms with Crippen molar-refractivity contribution in [2.24, 2.45) is 0 Å². The summed E-state index contributed by atoms with van der Waals surface area (Å²) in [7, 11) is 0. The molecule has 0 unspecified atom stereocenters. The standard InChI is InChI=1S/C19H18N2O4S/c1-11-7-13(3)14(8-12(11)2)15-10-26-19(20-15)21-17(22)9-25-18(23)16-5-4-6-24-16/h4-8,10H,9H2,1-3H3,(H,20,21,22). The molecular formula is C19H18N2O4S. The van der Waals surface area contributed by atoms with Crippen molar-refractivity contribution in [1.82, 2.24) is 4.98 Å². The van der Waals surface area contributed by atoms with E-state index >= 15 is 0 Å². The van der Waals surface area contributed by atoms with Gasteiger partial charge in [-0.2, -0.15) is 0 Å². The van der Waals surface area contributed by atoms with Crippen molar-refractivity contribution >= 4 is 28.3 Å². The van der Waals surface area contributed by atoms with E-state index in [0.29, 0.717) is 5.13 Å². The van der Waals surface area contributed by atoms with Gasteiger partial charge in [0, 0.05) is 10.9 Å². The molecule has 0 aliphatic rings. The van der Waals surface area contributed by atoms with Gasteiger partial charge < -0.3 is 9.15 Å². The van der Waals surface area contributed by atoms with E-state index in [1.165, 1.54) is 34.8 Å². The first-order valence-corrected chi connectivity index (χ1v) is 8.86. The zero-order valence-electron chi connectivity index (χ0n) is 14.7. The van der Waals surface area contributed by atoms with Gasteiger partial charge in [0.2, 0.25) is 5.76 Å². The predicted molar refractivity (Wildman–Crippen MR) is 99.4 cm³/mol. The molecule has 0 spiro atoms. The molecule has 0 aliphatic heterocycles. The number of carbonyl (C=O) groups is 2. The van der Waals surface area contributed by atoms with Crippen LogP contribution in [0.1, 0.15) is 27.2 Å². The quantitative estimate of drug-likeness (QED) is 0.683. The van der Waals surface area contributed by atoms with Gasteiger partial charge in [-0.15, -0.1) is 11.3 Å². The Morgan fingerprint density at radius 1 is 1.19 bits per heavy atom. The van der Waals surface area contributed by atoms with Crippen molar-refractivity contribution in [1.29, 1.82) is 0 Å². The normalized spacial score (nSPS) is 10.6. The van der Waals surface area contributed by atoms with Gasteiger partial charge in [-0.05, 0) is 55.7 Å². The van der Waals surface area contributed by atoms with Crippen LogP contribution in [-0.2, 0) is 9.53 Å². The van der Waals surface area contributed by atoms with Crippen molar-refractivity contribution < 1.29 is 18.7 Å². The van der Waals surface area contributed by atoms with E-state index in [0.717, 1.165) is 16.8 Å². The number of furan rings is 1. The van der Waals surface area contributed by atoms with Crippen LogP contribution in [0, 0.1) is 20.8 Å². The fourth-order valence-corrected chi connectivity index (χ4v) is 3.17. The number of carbonyl (C=O) groups excluding carboxylic acids is 2. The highest BCUT2D eigenvalue weighted by atomic mass is 32.1. The highest BCUT2D eigenvalue weighted by Gasteiger charge is 2.14. The Morgan fingerprint density at radius 2 is 1.96 bits per heavy atom. The van der Waals surface area contributed by atoms with Gasteiger partial charge in [0.25, 0.3) is 5.91 Å². The monoisotopic (exact) mass is 370 g/mol. The Bertz CT molecular complexity index is 945. The second kappa shape index (κ2) is 7.53. The molecule has 0 bridgehead atoms. The number of benzene rings is 1. The molecule has 1 N–H and O–H groups in total. The molecule has 0 radical (unpaired) electrons. The molecule has 3 aromatic rings. The lowest BCUT2D eigenvalue weighted by atomic mass is 9.99. The van der Waals surface area contributed by atoms with Crippen molar-refractivity contribution in [3.63, 3.8) is 0 Å². The summed E-state index contributed by atoms with van der Waals surface area (Å²) in [6, 6.07) is 7.26. The van der Waals surface area contributed by atoms with Gasteiger partial charge in [-0.25, -0.2) is 9.78 Å². The average Bonchev–Trinajstić information content (AvgIpc) is 3.28. The molecule has 0 fully saturated rings. The van der Waals surface area contributed by atoms with Gasteiger partial charge in [0.1, 0.15) is 0 Å². The first-order chi connectivity index (χ1) is 12.4. The van der Waals surface area contributed by atoms with Crippen LogP contribution in [-0.4, -0.2) is 23.5 Å². The van der Waals surface area contributed by atoms with Crippen molar-refractivity contribution in [2.45, 2.75) is 20.8 Å². The molecule has 0 saturated heterocycles. The topological polar surface area (TPSA) is 81.4 Å². The number of hydrogen-bond donors (Lipinski definition) is 1. The number of thiazole rings is 1. The van der Waals surface area contributed by atoms with Gasteiger partial charge in [0.15, 0.2) is 11.7 Å². The van der Waals surface area contributed by atoms with Gasteiger partial charge in [0.05, 0.1) is 12.0 Å². The van der Waals surface area contributed by atoms with Crippen LogP contribution < -0.4 is 5.32 Å². The Balaban J connectivity index is 1.62. The Hall–Kier alpha value is -2.93. The molecule has 0 atom stereocenters. The maximum atomic E-state index is 11.9. The number of hydrogen-bond acceptors (Lipinski definition) is 6. The molecule has 134 valence electrons. The van der Waals surface area contributed by atoms with Gasteiger partial charge in [-0.1, -0.05) is 6.07 Å². The minimum atomic E-state index is -0.685. The summed E-state index contributed by atoms with van der Waals surface area (Å²) in [5, 5.41) is 4.98. The van der Waals surface area contributed by atoms with Crippen LogP contribution in [0.4, 0.5) is 5.13 Å². The first-order valence-electron chi connectivity index (χ1n) is 7.98. The Kier molecular flexibility index (Phi) is 5.18. The molecule has 2 aromatic heterocycles. The van der Waals surface area contributed by atoms with E-state index in [1.807, 2.05) is 12.3 Å². The van der Waals surface area contributed by atoms with Crippen LogP contribution >= 0.6 is 11.3 Å². The smallest absolute Gasteiger partial charge is 0.374 e. The molecular weight excluding hydrogens is 352 g/mol. The highest BCUT2D eigenvalue weighted by Crippen LogP contribution is 2.29. The number of anilines is 1. The van der Waals surface area contributed by atoms with E-state index < -0.39 is 18.5 Å². The number of amides is 1. The van der Waals surface area contributed by atoms with E-state index in [-0.39, 0.29) is 5.76 Å². The zero-order chi connectivity index (χ0) is 18.7. The molecule has 2 heterocycles. The summed E-state index contributed by atoms with van der Waals surface area (Å²) in [6.45, 7) is 5.76. The van der Waals surface area contributed by atoms with Crippen LogP contribution in [0.2, 0.25) is 0 Å². The molecule has 3 rings (SSSR count). The highest BCUT2D eigenvalue weighted by molar-refractivity contribution is 7.14. The molecule has 0 saturated carbocycles. The zero-order valence-corrected chi connectivity index (χ0v) is 15.5. The van der Waals surface area contributed by atoms with E-state index in [2.05, 4.69) is 36.3 Å². The second-order valence-electron chi connectivity index (χ2n) is 5.89. The number of nitrogens with one attached hydrogen (secondary N) is 1. The minimum Gasteiger partial charge on any atom is -0.457 e. The maximum Gasteiger partial charge on any atom is 0.374 e. The second-order valence-corrected chi connectivity index (χ2v) is 6.75. The fourth-order valence-electron chi connectivity index (χ4n) is 2.44. The van der Waals surface area contributed by atoms with Crippen LogP contribution in [0.3, 0.4) is 0 Å². The van der Waals surface area contributed by atoms with Gasteiger partial charge in [-0.3, -0.25) is 10.1 Å². The summed E-state index contributed by atoms with van der Waals surface area (Å²) in [5.41, 5.74) is 5.39. The summed E-state index contributed by atoms with van der Waals surface area (Å²) < 4.78 is 9.80. The number of nitrogens with zero attached hydrogens (tertiary/aromatic N) is 1. The van der Waals surface area contributed by atoms with Crippen LogP contribution in [0.15, 0.2) is 40.3 Å². The molecule has 26 heavy (non-hydrogen) atoms. The summed E-state index contributed by atoms with van der Waals surface area (Å²) >= 11 is 1.32. The largest absolute Gasteiger partial charge is 0.457 e. The van der Waals surface area contributed by atoms with Gasteiger partial charge >= 0.3 is 5.97 Å². The van der Waals surface area contributed by atoms with Crippen molar-refractivity contribution in [3.8, 4) is 11.3 Å². The van der Waals surface area contributed by atoms with Crippen molar-refractivity contribution in [2.75, 3.05) is 11.9 Å². The third kappa shape index (κ3) is 4.00. The van der Waals surface area contributed by atoms with Crippen molar-refractivity contribution in [3.05, 3.63) is 58.4 Å². The Morgan fingerprint density at radius 3 is 2.69 bits per heavy atom. The molecule has 6 nitrogen and oxygen atoms in total. The van der Waals surface area contributed by atoms with E-state index in [1.54, 1.807) is 6.07 Å². The number of esters is 1. The first kappa shape index (κ1) is 17.9. The van der Waals surface area contributed by atoms with E-state index in [4.69, 9.17) is 9.15 Å². The number of rotatable bonds is 5.